The Hall–Kier alpha value is -1.44. The molecule has 1 aromatic carbocycles. The first-order chi connectivity index (χ1) is 11.0. The van der Waals surface area contributed by atoms with Crippen molar-refractivity contribution in [2.24, 2.45) is 7.05 Å². The summed E-state index contributed by atoms with van der Waals surface area (Å²) in [5.41, 5.74) is 0.396. The highest BCUT2D eigenvalue weighted by Gasteiger charge is 2.22. The predicted molar refractivity (Wildman–Crippen MR) is 93.0 cm³/mol. The fourth-order valence-corrected chi connectivity index (χ4v) is 3.17. The number of rotatable bonds is 3. The van der Waals surface area contributed by atoms with Crippen LogP contribution < -0.4 is 10.6 Å². The minimum atomic E-state index is -0.302. The van der Waals surface area contributed by atoms with E-state index in [4.69, 9.17) is 11.6 Å². The largest absolute Gasteiger partial charge is 0.317 e. The highest BCUT2D eigenvalue weighted by Crippen LogP contribution is 2.24. The Kier molecular flexibility index (Phi) is 4.99. The van der Waals surface area contributed by atoms with Gasteiger partial charge in [-0.15, -0.1) is 0 Å². The number of benzene rings is 1. The van der Waals surface area contributed by atoms with Crippen LogP contribution in [0.1, 0.15) is 34.9 Å². The second-order valence-corrected chi connectivity index (χ2v) is 6.84. The van der Waals surface area contributed by atoms with E-state index >= 15 is 0 Å². The first kappa shape index (κ1) is 16.4. The van der Waals surface area contributed by atoms with Crippen molar-refractivity contribution < 1.29 is 4.79 Å². The zero-order valence-electron chi connectivity index (χ0n) is 12.6. The smallest absolute Gasteiger partial charge is 0.259 e. The van der Waals surface area contributed by atoms with Crippen LogP contribution >= 0.6 is 27.5 Å². The lowest BCUT2D eigenvalue weighted by molar-refractivity contribution is 0.102. The number of anilines is 1. The summed E-state index contributed by atoms with van der Waals surface area (Å²) in [4.78, 5) is 16.9. The monoisotopic (exact) mass is 397 g/mol. The number of aromatic nitrogens is 3. The SMILES string of the molecule is Cn1nc(C2CCNCC2)nc1NC(=O)c1cc(Br)ccc1Cl. The van der Waals surface area contributed by atoms with Gasteiger partial charge in [-0.3, -0.25) is 10.1 Å². The van der Waals surface area contributed by atoms with Gasteiger partial charge in [0.15, 0.2) is 5.82 Å². The predicted octanol–water partition coefficient (Wildman–Crippen LogP) is 2.95. The first-order valence-electron chi connectivity index (χ1n) is 7.42. The van der Waals surface area contributed by atoms with Gasteiger partial charge in [0.25, 0.3) is 5.91 Å². The summed E-state index contributed by atoms with van der Waals surface area (Å²) in [6.45, 7) is 1.94. The van der Waals surface area contributed by atoms with E-state index in [1.807, 2.05) is 0 Å². The summed E-state index contributed by atoms with van der Waals surface area (Å²) in [6, 6.07) is 5.15. The molecule has 2 aromatic rings. The van der Waals surface area contributed by atoms with E-state index < -0.39 is 0 Å². The Bertz CT molecular complexity index is 727. The molecule has 0 spiro atoms. The maximum absolute atomic E-state index is 12.4. The molecule has 1 aliphatic heterocycles. The van der Waals surface area contributed by atoms with Gasteiger partial charge in [-0.25, -0.2) is 4.68 Å². The van der Waals surface area contributed by atoms with Crippen LogP contribution in [0.4, 0.5) is 5.95 Å². The molecule has 122 valence electrons. The van der Waals surface area contributed by atoms with Crippen molar-refractivity contribution in [3.8, 4) is 0 Å². The van der Waals surface area contributed by atoms with E-state index in [0.717, 1.165) is 36.2 Å². The molecule has 8 heteroatoms. The van der Waals surface area contributed by atoms with Gasteiger partial charge >= 0.3 is 0 Å². The molecule has 23 heavy (non-hydrogen) atoms. The molecule has 0 aliphatic carbocycles. The number of amides is 1. The summed E-state index contributed by atoms with van der Waals surface area (Å²) in [7, 11) is 1.77. The highest BCUT2D eigenvalue weighted by molar-refractivity contribution is 9.10. The van der Waals surface area contributed by atoms with Crippen LogP contribution in [-0.4, -0.2) is 33.8 Å². The standard InChI is InChI=1S/C15H17BrClN5O/c1-22-15(19-13(21-22)9-4-6-18-7-5-9)20-14(23)11-8-10(16)2-3-12(11)17/h2-3,8-9,18H,4-7H2,1H3,(H,19,20,21,23). The summed E-state index contributed by atoms with van der Waals surface area (Å²) < 4.78 is 2.39. The van der Waals surface area contributed by atoms with Crippen molar-refractivity contribution in [2.45, 2.75) is 18.8 Å². The van der Waals surface area contributed by atoms with Crippen molar-refractivity contribution in [3.63, 3.8) is 0 Å². The molecule has 6 nitrogen and oxygen atoms in total. The summed E-state index contributed by atoms with van der Waals surface area (Å²) in [6.07, 6.45) is 2.02. The van der Waals surface area contributed by atoms with Gasteiger partial charge in [-0.1, -0.05) is 27.5 Å². The third-order valence-corrected chi connectivity index (χ3v) is 4.70. The minimum absolute atomic E-state index is 0.302. The zero-order valence-corrected chi connectivity index (χ0v) is 15.0. The summed E-state index contributed by atoms with van der Waals surface area (Å²) in [5.74, 6) is 1.25. The van der Waals surface area contributed by atoms with E-state index in [1.54, 1.807) is 29.9 Å². The average Bonchev–Trinajstić information content (AvgIpc) is 2.91. The van der Waals surface area contributed by atoms with E-state index in [1.165, 1.54) is 0 Å². The van der Waals surface area contributed by atoms with Crippen molar-refractivity contribution in [3.05, 3.63) is 39.1 Å². The molecular formula is C15H17BrClN5O. The fourth-order valence-electron chi connectivity index (χ4n) is 2.61. The van der Waals surface area contributed by atoms with Crippen molar-refractivity contribution in [1.82, 2.24) is 20.1 Å². The molecule has 0 saturated carbocycles. The second kappa shape index (κ2) is 6.98. The number of halogens is 2. The van der Waals surface area contributed by atoms with Crippen LogP contribution in [0.3, 0.4) is 0 Å². The highest BCUT2D eigenvalue weighted by atomic mass is 79.9. The molecule has 0 unspecified atom stereocenters. The van der Waals surface area contributed by atoms with Crippen molar-refractivity contribution >= 4 is 39.4 Å². The van der Waals surface area contributed by atoms with Crippen LogP contribution in [0, 0.1) is 0 Å². The molecule has 1 amide bonds. The van der Waals surface area contributed by atoms with Crippen LogP contribution in [0.5, 0.6) is 0 Å². The first-order valence-corrected chi connectivity index (χ1v) is 8.60. The Morgan fingerprint density at radius 1 is 1.43 bits per heavy atom. The Morgan fingerprint density at radius 3 is 2.91 bits per heavy atom. The number of carbonyl (C=O) groups excluding carboxylic acids is 1. The van der Waals surface area contributed by atoms with Crippen molar-refractivity contribution in [2.75, 3.05) is 18.4 Å². The maximum Gasteiger partial charge on any atom is 0.259 e. The molecule has 1 fully saturated rings. The number of nitrogens with zero attached hydrogens (tertiary/aromatic N) is 3. The number of hydrogen-bond acceptors (Lipinski definition) is 4. The third kappa shape index (κ3) is 3.73. The van der Waals surface area contributed by atoms with Crippen molar-refractivity contribution in [1.29, 1.82) is 0 Å². The minimum Gasteiger partial charge on any atom is -0.317 e. The van der Waals surface area contributed by atoms with E-state index in [-0.39, 0.29) is 5.91 Å². The topological polar surface area (TPSA) is 71.8 Å². The number of aryl methyl sites for hydroxylation is 1. The Morgan fingerprint density at radius 2 is 2.17 bits per heavy atom. The lowest BCUT2D eigenvalue weighted by Gasteiger charge is -2.19. The normalized spacial score (nSPS) is 15.6. The third-order valence-electron chi connectivity index (χ3n) is 3.88. The number of piperidine rings is 1. The molecule has 1 aliphatic rings. The van der Waals surface area contributed by atoms with Crippen LogP contribution in [-0.2, 0) is 7.05 Å². The second-order valence-electron chi connectivity index (χ2n) is 5.52. The molecule has 0 radical (unpaired) electrons. The lowest BCUT2D eigenvalue weighted by atomic mass is 9.98. The maximum atomic E-state index is 12.4. The van der Waals surface area contributed by atoms with Gasteiger partial charge in [0.05, 0.1) is 10.6 Å². The van der Waals surface area contributed by atoms with E-state index in [2.05, 4.69) is 36.6 Å². The van der Waals surface area contributed by atoms with Crippen LogP contribution in [0.15, 0.2) is 22.7 Å². The fraction of sp³-hybridized carbons (Fsp3) is 0.400. The van der Waals surface area contributed by atoms with Crippen LogP contribution in [0.25, 0.3) is 0 Å². The number of carbonyl (C=O) groups is 1. The molecule has 0 atom stereocenters. The van der Waals surface area contributed by atoms with Gasteiger partial charge < -0.3 is 5.32 Å². The Labute approximate surface area is 147 Å². The molecule has 3 rings (SSSR count). The van der Waals surface area contributed by atoms with E-state index in [9.17, 15) is 4.79 Å². The molecular weight excluding hydrogens is 382 g/mol. The number of hydrogen-bond donors (Lipinski definition) is 2. The zero-order chi connectivity index (χ0) is 16.4. The van der Waals surface area contributed by atoms with Gasteiger partial charge in [-0.05, 0) is 44.1 Å². The van der Waals surface area contributed by atoms with Gasteiger partial charge in [0.2, 0.25) is 5.95 Å². The molecule has 0 bridgehead atoms. The lowest BCUT2D eigenvalue weighted by Crippen LogP contribution is -2.27. The molecule has 1 saturated heterocycles. The molecule has 1 aromatic heterocycles. The van der Waals surface area contributed by atoms with E-state index in [0.29, 0.717) is 22.5 Å². The molecule has 2 heterocycles. The summed E-state index contributed by atoms with van der Waals surface area (Å²) >= 11 is 9.44. The van der Waals surface area contributed by atoms with Gasteiger partial charge in [-0.2, -0.15) is 10.1 Å². The van der Waals surface area contributed by atoms with Gasteiger partial charge in [0, 0.05) is 17.4 Å². The molecule has 2 N–H and O–H groups in total. The Balaban J connectivity index is 1.78. The van der Waals surface area contributed by atoms with Gasteiger partial charge in [0.1, 0.15) is 0 Å². The quantitative estimate of drug-likeness (QED) is 0.834. The average molecular weight is 399 g/mol. The number of nitrogens with one attached hydrogen (secondary N) is 2. The van der Waals surface area contributed by atoms with Crippen LogP contribution in [0.2, 0.25) is 5.02 Å². The summed E-state index contributed by atoms with van der Waals surface area (Å²) in [5, 5.41) is 10.9.